The summed E-state index contributed by atoms with van der Waals surface area (Å²) in [6, 6.07) is 4.93. The van der Waals surface area contributed by atoms with Crippen LogP contribution in [0, 0.1) is 11.2 Å². The molecule has 5 nitrogen and oxygen atoms in total. The molecule has 1 aromatic carbocycles. The fraction of sp³-hybridized carbons (Fsp3) is 0.667. The summed E-state index contributed by atoms with van der Waals surface area (Å²) in [5.74, 6) is -0.438. The van der Waals surface area contributed by atoms with Crippen LogP contribution in [0.2, 0.25) is 5.02 Å². The number of aliphatic hydroxyl groups is 1. The molecule has 1 N–H and O–H groups in total. The van der Waals surface area contributed by atoms with Crippen LogP contribution in [-0.2, 0) is 16.1 Å². The number of ether oxygens (including phenoxy) is 1. The van der Waals surface area contributed by atoms with Gasteiger partial charge in [0.2, 0.25) is 0 Å². The number of halogens is 2. The van der Waals surface area contributed by atoms with Crippen molar-refractivity contribution < 1.29 is 19.0 Å². The van der Waals surface area contributed by atoms with E-state index in [1.165, 1.54) is 6.07 Å². The maximum absolute atomic E-state index is 13.7. The average molecular weight is 411 g/mol. The van der Waals surface area contributed by atoms with E-state index in [1.54, 1.807) is 6.07 Å². The molecular weight excluding hydrogens is 383 g/mol. The molecular formula is C21H28ClFN2O3. The summed E-state index contributed by atoms with van der Waals surface area (Å²) in [5.41, 5.74) is 0.541. The zero-order valence-electron chi connectivity index (χ0n) is 16.1. The van der Waals surface area contributed by atoms with E-state index in [0.29, 0.717) is 6.54 Å². The molecule has 3 aliphatic rings. The lowest BCUT2D eigenvalue weighted by molar-refractivity contribution is -0.151. The van der Waals surface area contributed by atoms with Crippen LogP contribution in [0.4, 0.5) is 4.39 Å². The highest BCUT2D eigenvalue weighted by Crippen LogP contribution is 2.43. The fourth-order valence-electron chi connectivity index (χ4n) is 4.77. The van der Waals surface area contributed by atoms with Crippen LogP contribution in [0.5, 0.6) is 0 Å². The van der Waals surface area contributed by atoms with E-state index in [0.717, 1.165) is 70.4 Å². The topological polar surface area (TPSA) is 53.0 Å². The van der Waals surface area contributed by atoms with Gasteiger partial charge >= 0.3 is 5.97 Å². The molecule has 4 rings (SSSR count). The van der Waals surface area contributed by atoms with Crippen molar-refractivity contribution in [2.75, 3.05) is 32.7 Å². The second-order valence-corrected chi connectivity index (χ2v) is 8.98. The Hall–Kier alpha value is -1.21. The summed E-state index contributed by atoms with van der Waals surface area (Å²) in [6.07, 6.45) is 3.73. The molecule has 3 aliphatic heterocycles. The number of benzene rings is 1. The molecule has 0 aromatic heterocycles. The minimum absolute atomic E-state index is 0.0420. The molecule has 0 saturated carbocycles. The second kappa shape index (κ2) is 8.27. The number of hydrogen-bond donors (Lipinski definition) is 1. The van der Waals surface area contributed by atoms with Crippen molar-refractivity contribution in [2.45, 2.75) is 50.9 Å². The summed E-state index contributed by atoms with van der Waals surface area (Å²) in [7, 11) is 0. The molecule has 1 spiro atoms. The van der Waals surface area contributed by atoms with Gasteiger partial charge < -0.3 is 9.84 Å². The number of rotatable bonds is 4. The van der Waals surface area contributed by atoms with Crippen molar-refractivity contribution in [1.82, 2.24) is 9.80 Å². The van der Waals surface area contributed by atoms with Gasteiger partial charge in [0, 0.05) is 32.6 Å². The third-order valence-corrected chi connectivity index (χ3v) is 6.85. The van der Waals surface area contributed by atoms with Crippen molar-refractivity contribution >= 4 is 17.6 Å². The van der Waals surface area contributed by atoms with Gasteiger partial charge in [-0.1, -0.05) is 17.7 Å². The number of aliphatic hydroxyl groups excluding tert-OH is 1. The van der Waals surface area contributed by atoms with Crippen LogP contribution in [0.3, 0.4) is 0 Å². The number of cyclic esters (lactones) is 1. The molecule has 7 heteroatoms. The van der Waals surface area contributed by atoms with Crippen molar-refractivity contribution in [3.63, 3.8) is 0 Å². The highest BCUT2D eigenvalue weighted by Gasteiger charge is 2.50. The summed E-state index contributed by atoms with van der Waals surface area (Å²) in [5, 5.41) is 9.79. The van der Waals surface area contributed by atoms with E-state index >= 15 is 0 Å². The molecule has 1 unspecified atom stereocenters. The van der Waals surface area contributed by atoms with Gasteiger partial charge in [-0.3, -0.25) is 14.6 Å². The fourth-order valence-corrected chi connectivity index (χ4v) is 4.89. The molecule has 28 heavy (non-hydrogen) atoms. The number of likely N-dealkylation sites (tertiary alicyclic amines) is 2. The van der Waals surface area contributed by atoms with Gasteiger partial charge in [0.25, 0.3) is 0 Å². The Morgan fingerprint density at radius 2 is 1.89 bits per heavy atom. The van der Waals surface area contributed by atoms with E-state index in [9.17, 15) is 14.3 Å². The lowest BCUT2D eigenvalue weighted by Crippen LogP contribution is -2.42. The predicted molar refractivity (Wildman–Crippen MR) is 105 cm³/mol. The van der Waals surface area contributed by atoms with Crippen molar-refractivity contribution in [1.29, 1.82) is 0 Å². The number of nitrogens with zero attached hydrogens (tertiary/aromatic N) is 2. The SMILES string of the molecule is O=C1OC(CN2CCC(O)CC2)CC12CCN(Cc1ccc(Cl)c(F)c1)CC2. The summed E-state index contributed by atoms with van der Waals surface area (Å²) in [4.78, 5) is 17.2. The molecule has 3 saturated heterocycles. The third-order valence-electron chi connectivity index (χ3n) is 6.55. The first-order valence-electron chi connectivity index (χ1n) is 10.2. The maximum atomic E-state index is 13.7. The van der Waals surface area contributed by atoms with E-state index < -0.39 is 0 Å². The maximum Gasteiger partial charge on any atom is 0.312 e. The lowest BCUT2D eigenvalue weighted by Gasteiger charge is -2.36. The first-order valence-corrected chi connectivity index (χ1v) is 10.6. The third kappa shape index (κ3) is 4.35. The molecule has 3 fully saturated rings. The van der Waals surface area contributed by atoms with Crippen molar-refractivity contribution in [2.24, 2.45) is 5.41 Å². The Balaban J connectivity index is 1.29. The minimum atomic E-state index is -0.389. The first kappa shape index (κ1) is 20.1. The van der Waals surface area contributed by atoms with Gasteiger partial charge in [0.15, 0.2) is 0 Å². The molecule has 1 atom stereocenters. The van der Waals surface area contributed by atoms with Crippen LogP contribution in [0.15, 0.2) is 18.2 Å². The Bertz CT molecular complexity index is 716. The Kier molecular flexibility index (Phi) is 5.93. The average Bonchev–Trinajstić information content (AvgIpc) is 2.97. The Labute approximate surface area is 170 Å². The summed E-state index contributed by atoms with van der Waals surface area (Å²) < 4.78 is 19.4. The highest BCUT2D eigenvalue weighted by atomic mass is 35.5. The standard InChI is InChI=1S/C21H28ClFN2O3/c22-18-2-1-15(11-19(18)23)13-25-9-5-21(6-10-25)12-17(28-20(21)27)14-24-7-3-16(26)4-8-24/h1-2,11,16-17,26H,3-10,12-14H2. The number of carbonyl (C=O) groups is 1. The van der Waals surface area contributed by atoms with Crippen LogP contribution < -0.4 is 0 Å². The largest absolute Gasteiger partial charge is 0.461 e. The van der Waals surface area contributed by atoms with E-state index in [4.69, 9.17) is 16.3 Å². The lowest BCUT2D eigenvalue weighted by atomic mass is 9.76. The van der Waals surface area contributed by atoms with Crippen LogP contribution >= 0.6 is 11.6 Å². The highest BCUT2D eigenvalue weighted by molar-refractivity contribution is 6.30. The monoisotopic (exact) mass is 410 g/mol. The van der Waals surface area contributed by atoms with Crippen molar-refractivity contribution in [3.05, 3.63) is 34.6 Å². The minimum Gasteiger partial charge on any atom is -0.461 e. The molecule has 0 bridgehead atoms. The molecule has 154 valence electrons. The van der Waals surface area contributed by atoms with Gasteiger partial charge in [-0.2, -0.15) is 0 Å². The van der Waals surface area contributed by atoms with Crippen molar-refractivity contribution in [3.8, 4) is 0 Å². The molecule has 3 heterocycles. The smallest absolute Gasteiger partial charge is 0.312 e. The van der Waals surface area contributed by atoms with Crippen LogP contribution in [0.25, 0.3) is 0 Å². The van der Waals surface area contributed by atoms with Gasteiger partial charge in [0.1, 0.15) is 11.9 Å². The predicted octanol–water partition coefficient (Wildman–Crippen LogP) is 2.83. The number of piperidine rings is 2. The number of carbonyl (C=O) groups excluding carboxylic acids is 1. The second-order valence-electron chi connectivity index (χ2n) is 8.57. The molecule has 0 radical (unpaired) electrons. The van der Waals surface area contributed by atoms with Gasteiger partial charge in [0.05, 0.1) is 16.5 Å². The summed E-state index contributed by atoms with van der Waals surface area (Å²) >= 11 is 5.76. The van der Waals surface area contributed by atoms with Gasteiger partial charge in [-0.15, -0.1) is 0 Å². The molecule has 0 aliphatic carbocycles. The van der Waals surface area contributed by atoms with Gasteiger partial charge in [-0.05, 0) is 56.5 Å². The Morgan fingerprint density at radius 1 is 1.18 bits per heavy atom. The normalized spacial score (nSPS) is 26.7. The number of hydrogen-bond acceptors (Lipinski definition) is 5. The first-order chi connectivity index (χ1) is 13.4. The van der Waals surface area contributed by atoms with Crippen LogP contribution in [0.1, 0.15) is 37.7 Å². The van der Waals surface area contributed by atoms with E-state index in [1.807, 2.05) is 6.07 Å². The quantitative estimate of drug-likeness (QED) is 0.773. The van der Waals surface area contributed by atoms with E-state index in [-0.39, 0.29) is 34.4 Å². The Morgan fingerprint density at radius 3 is 2.57 bits per heavy atom. The zero-order chi connectivity index (χ0) is 19.7. The van der Waals surface area contributed by atoms with Gasteiger partial charge in [-0.25, -0.2) is 4.39 Å². The summed E-state index contributed by atoms with van der Waals surface area (Å²) in [6.45, 7) is 4.79. The molecule has 1 aromatic rings. The number of esters is 1. The van der Waals surface area contributed by atoms with E-state index in [2.05, 4.69) is 9.80 Å². The molecule has 0 amide bonds. The zero-order valence-corrected chi connectivity index (χ0v) is 16.8. The van der Waals surface area contributed by atoms with Crippen LogP contribution in [-0.4, -0.2) is 65.8 Å².